The van der Waals surface area contributed by atoms with E-state index in [0.29, 0.717) is 16.8 Å². The molecular formula is C12H9FN2O2. The summed E-state index contributed by atoms with van der Waals surface area (Å²) in [6.45, 7) is 1.74. The summed E-state index contributed by atoms with van der Waals surface area (Å²) in [4.78, 5) is 18.3. The number of carbonyl (C=O) groups is 1. The second-order valence-corrected chi connectivity index (χ2v) is 3.53. The molecule has 0 bridgehead atoms. The SMILES string of the molecule is Cc1cc(F)ccc1-c1ccnc(C(=O)O)n1. The molecule has 0 atom stereocenters. The average Bonchev–Trinajstić information content (AvgIpc) is 2.29. The molecule has 0 radical (unpaired) electrons. The van der Waals surface area contributed by atoms with Gasteiger partial charge < -0.3 is 5.11 Å². The van der Waals surface area contributed by atoms with E-state index in [-0.39, 0.29) is 11.6 Å². The van der Waals surface area contributed by atoms with Gasteiger partial charge in [0.2, 0.25) is 5.82 Å². The van der Waals surface area contributed by atoms with Crippen LogP contribution in [0.3, 0.4) is 0 Å². The molecule has 5 heteroatoms. The molecule has 1 N–H and O–H groups in total. The van der Waals surface area contributed by atoms with E-state index in [1.54, 1.807) is 19.1 Å². The number of carboxylic acid groups (broad SMARTS) is 1. The van der Waals surface area contributed by atoms with Crippen molar-refractivity contribution < 1.29 is 14.3 Å². The molecule has 0 saturated carbocycles. The fourth-order valence-corrected chi connectivity index (χ4v) is 1.53. The first-order valence-corrected chi connectivity index (χ1v) is 4.91. The number of hydrogen-bond donors (Lipinski definition) is 1. The second-order valence-electron chi connectivity index (χ2n) is 3.53. The van der Waals surface area contributed by atoms with Crippen LogP contribution in [-0.2, 0) is 0 Å². The number of nitrogens with zero attached hydrogens (tertiary/aromatic N) is 2. The van der Waals surface area contributed by atoms with Gasteiger partial charge in [0.1, 0.15) is 5.82 Å². The lowest BCUT2D eigenvalue weighted by Crippen LogP contribution is -2.04. The van der Waals surface area contributed by atoms with Crippen LogP contribution >= 0.6 is 0 Å². The van der Waals surface area contributed by atoms with E-state index in [4.69, 9.17) is 5.11 Å². The molecular weight excluding hydrogens is 223 g/mol. The van der Waals surface area contributed by atoms with Crippen molar-refractivity contribution in [2.45, 2.75) is 6.92 Å². The van der Waals surface area contributed by atoms with E-state index < -0.39 is 5.97 Å². The summed E-state index contributed by atoms with van der Waals surface area (Å²) in [5.74, 6) is -1.79. The summed E-state index contributed by atoms with van der Waals surface area (Å²) in [6.07, 6.45) is 1.37. The zero-order valence-electron chi connectivity index (χ0n) is 9.01. The molecule has 17 heavy (non-hydrogen) atoms. The van der Waals surface area contributed by atoms with Crippen LogP contribution in [0.15, 0.2) is 30.5 Å². The molecule has 4 nitrogen and oxygen atoms in total. The third kappa shape index (κ3) is 2.28. The number of aromatic carboxylic acids is 1. The van der Waals surface area contributed by atoms with E-state index in [1.165, 1.54) is 18.3 Å². The Hall–Kier alpha value is -2.30. The van der Waals surface area contributed by atoms with Gasteiger partial charge in [0, 0.05) is 11.8 Å². The van der Waals surface area contributed by atoms with Crippen molar-refractivity contribution in [1.82, 2.24) is 9.97 Å². The molecule has 0 aliphatic heterocycles. The largest absolute Gasteiger partial charge is 0.475 e. The van der Waals surface area contributed by atoms with Crippen molar-refractivity contribution in [3.8, 4) is 11.3 Å². The fraction of sp³-hybridized carbons (Fsp3) is 0.0833. The third-order valence-corrected chi connectivity index (χ3v) is 2.31. The number of carboxylic acids is 1. The molecule has 86 valence electrons. The number of benzene rings is 1. The van der Waals surface area contributed by atoms with Crippen LogP contribution in [0.25, 0.3) is 11.3 Å². The second kappa shape index (κ2) is 4.29. The molecule has 1 aromatic heterocycles. The van der Waals surface area contributed by atoms with Crippen LogP contribution in [0.1, 0.15) is 16.2 Å². The molecule has 2 rings (SSSR count). The third-order valence-electron chi connectivity index (χ3n) is 2.31. The summed E-state index contributed by atoms with van der Waals surface area (Å²) < 4.78 is 12.9. The highest BCUT2D eigenvalue weighted by molar-refractivity contribution is 5.83. The van der Waals surface area contributed by atoms with Gasteiger partial charge in [-0.25, -0.2) is 19.2 Å². The average molecular weight is 232 g/mol. The number of rotatable bonds is 2. The van der Waals surface area contributed by atoms with Gasteiger partial charge in [0.05, 0.1) is 5.69 Å². The molecule has 0 amide bonds. The van der Waals surface area contributed by atoms with Gasteiger partial charge in [-0.05, 0) is 36.8 Å². The fourth-order valence-electron chi connectivity index (χ4n) is 1.53. The number of aryl methyl sites for hydroxylation is 1. The van der Waals surface area contributed by atoms with Crippen molar-refractivity contribution in [1.29, 1.82) is 0 Å². The predicted molar refractivity (Wildman–Crippen MR) is 59.1 cm³/mol. The highest BCUT2D eigenvalue weighted by atomic mass is 19.1. The quantitative estimate of drug-likeness (QED) is 0.862. The van der Waals surface area contributed by atoms with Crippen LogP contribution < -0.4 is 0 Å². The summed E-state index contributed by atoms with van der Waals surface area (Å²) in [6, 6.07) is 5.84. The van der Waals surface area contributed by atoms with Crippen molar-refractivity contribution in [2.75, 3.05) is 0 Å². The Balaban J connectivity index is 2.53. The van der Waals surface area contributed by atoms with E-state index in [2.05, 4.69) is 9.97 Å². The molecule has 1 aromatic carbocycles. The highest BCUT2D eigenvalue weighted by Gasteiger charge is 2.10. The number of hydrogen-bond acceptors (Lipinski definition) is 3. The maximum atomic E-state index is 12.9. The van der Waals surface area contributed by atoms with E-state index in [0.717, 1.165) is 0 Å². The first kappa shape index (κ1) is 11.2. The number of aromatic nitrogens is 2. The molecule has 0 unspecified atom stereocenters. The van der Waals surface area contributed by atoms with Gasteiger partial charge >= 0.3 is 5.97 Å². The Labute approximate surface area is 96.8 Å². The lowest BCUT2D eigenvalue weighted by atomic mass is 10.1. The standard InChI is InChI=1S/C12H9FN2O2/c1-7-6-8(13)2-3-9(7)10-4-5-14-11(15-10)12(16)17/h2-6H,1H3,(H,16,17). The summed E-state index contributed by atoms with van der Waals surface area (Å²) in [7, 11) is 0. The van der Waals surface area contributed by atoms with Crippen LogP contribution in [0, 0.1) is 12.7 Å². The molecule has 1 heterocycles. The van der Waals surface area contributed by atoms with Crippen molar-refractivity contribution in [2.24, 2.45) is 0 Å². The van der Waals surface area contributed by atoms with Gasteiger partial charge in [0.25, 0.3) is 0 Å². The monoisotopic (exact) mass is 232 g/mol. The smallest absolute Gasteiger partial charge is 0.373 e. The lowest BCUT2D eigenvalue weighted by molar-refractivity contribution is 0.0683. The molecule has 2 aromatic rings. The zero-order valence-corrected chi connectivity index (χ0v) is 9.01. The molecule has 0 aliphatic carbocycles. The molecule has 0 fully saturated rings. The Morgan fingerprint density at radius 1 is 1.35 bits per heavy atom. The van der Waals surface area contributed by atoms with Crippen LogP contribution in [-0.4, -0.2) is 21.0 Å². The Morgan fingerprint density at radius 2 is 2.12 bits per heavy atom. The lowest BCUT2D eigenvalue weighted by Gasteiger charge is -2.05. The molecule has 0 saturated heterocycles. The van der Waals surface area contributed by atoms with Crippen molar-refractivity contribution >= 4 is 5.97 Å². The normalized spacial score (nSPS) is 10.2. The number of halogens is 1. The van der Waals surface area contributed by atoms with Crippen molar-refractivity contribution in [3.05, 3.63) is 47.7 Å². The van der Waals surface area contributed by atoms with Gasteiger partial charge in [0.15, 0.2) is 0 Å². The van der Waals surface area contributed by atoms with E-state index >= 15 is 0 Å². The van der Waals surface area contributed by atoms with Gasteiger partial charge in [-0.15, -0.1) is 0 Å². The van der Waals surface area contributed by atoms with E-state index in [1.807, 2.05) is 0 Å². The van der Waals surface area contributed by atoms with E-state index in [9.17, 15) is 9.18 Å². The van der Waals surface area contributed by atoms with Crippen molar-refractivity contribution in [3.63, 3.8) is 0 Å². The van der Waals surface area contributed by atoms with Crippen LogP contribution in [0.5, 0.6) is 0 Å². The molecule has 0 aliphatic rings. The highest BCUT2D eigenvalue weighted by Crippen LogP contribution is 2.21. The Kier molecular flexibility index (Phi) is 2.82. The Morgan fingerprint density at radius 3 is 2.76 bits per heavy atom. The zero-order chi connectivity index (χ0) is 12.4. The van der Waals surface area contributed by atoms with Crippen LogP contribution in [0.2, 0.25) is 0 Å². The first-order valence-electron chi connectivity index (χ1n) is 4.91. The minimum absolute atomic E-state index is 0.272. The van der Waals surface area contributed by atoms with Gasteiger partial charge in [-0.3, -0.25) is 0 Å². The van der Waals surface area contributed by atoms with Crippen LogP contribution in [0.4, 0.5) is 4.39 Å². The van der Waals surface area contributed by atoms with Gasteiger partial charge in [-0.2, -0.15) is 0 Å². The first-order chi connectivity index (χ1) is 8.08. The summed E-state index contributed by atoms with van der Waals surface area (Å²) in [5, 5.41) is 8.78. The minimum Gasteiger partial charge on any atom is -0.475 e. The topological polar surface area (TPSA) is 63.1 Å². The predicted octanol–water partition coefficient (Wildman–Crippen LogP) is 2.29. The molecule has 0 spiro atoms. The summed E-state index contributed by atoms with van der Waals surface area (Å²) in [5.41, 5.74) is 1.85. The minimum atomic E-state index is -1.19. The Bertz CT molecular complexity index is 584. The maximum absolute atomic E-state index is 12.9. The van der Waals surface area contributed by atoms with Gasteiger partial charge in [-0.1, -0.05) is 0 Å². The maximum Gasteiger partial charge on any atom is 0.373 e. The summed E-state index contributed by atoms with van der Waals surface area (Å²) >= 11 is 0.